The number of nitrogens with zero attached hydrogens (tertiary/aromatic N) is 1. The molecular formula is C10H15NO3. The Labute approximate surface area is 83.2 Å². The number of hydrogen-bond acceptors (Lipinski definition) is 3. The van der Waals surface area contributed by atoms with Crippen molar-refractivity contribution in [2.24, 2.45) is 5.92 Å². The normalized spacial score (nSPS) is 30.2. The van der Waals surface area contributed by atoms with E-state index in [-0.39, 0.29) is 11.9 Å². The lowest BCUT2D eigenvalue weighted by atomic mass is 10.2. The molecule has 2 aliphatic rings. The van der Waals surface area contributed by atoms with Crippen LogP contribution < -0.4 is 0 Å². The van der Waals surface area contributed by atoms with E-state index in [0.717, 1.165) is 6.42 Å². The highest BCUT2D eigenvalue weighted by Crippen LogP contribution is 2.45. The van der Waals surface area contributed by atoms with Gasteiger partial charge in [-0.1, -0.05) is 0 Å². The molecule has 1 saturated heterocycles. The number of rotatable bonds is 0. The molecule has 0 bridgehead atoms. The fraction of sp³-hybridized carbons (Fsp3) is 0.800. The lowest BCUT2D eigenvalue weighted by molar-refractivity contribution is -0.128. The Morgan fingerprint density at radius 3 is 2.57 bits per heavy atom. The predicted molar refractivity (Wildman–Crippen MR) is 49.6 cm³/mol. The van der Waals surface area contributed by atoms with Gasteiger partial charge in [-0.2, -0.15) is 0 Å². The average Bonchev–Trinajstić information content (AvgIpc) is 2.58. The van der Waals surface area contributed by atoms with E-state index < -0.39 is 11.7 Å². The van der Waals surface area contributed by atoms with Crippen LogP contribution >= 0.6 is 0 Å². The Morgan fingerprint density at radius 2 is 2.14 bits per heavy atom. The van der Waals surface area contributed by atoms with Gasteiger partial charge in [-0.05, 0) is 33.1 Å². The third-order valence-corrected chi connectivity index (χ3v) is 2.51. The summed E-state index contributed by atoms with van der Waals surface area (Å²) in [5.41, 5.74) is -0.523. The first kappa shape index (κ1) is 9.49. The number of likely N-dealkylation sites (tertiary alicyclic amines) is 1. The molecule has 14 heavy (non-hydrogen) atoms. The number of fused-ring (bicyclic) bond motifs is 1. The van der Waals surface area contributed by atoms with E-state index in [1.54, 1.807) is 20.8 Å². The minimum absolute atomic E-state index is 0.0829. The zero-order valence-corrected chi connectivity index (χ0v) is 8.74. The zero-order valence-electron chi connectivity index (χ0n) is 8.74. The number of carbonyl (C=O) groups is 2. The lowest BCUT2D eigenvalue weighted by Crippen LogP contribution is -2.39. The average molecular weight is 197 g/mol. The molecule has 78 valence electrons. The maximum atomic E-state index is 11.6. The molecular weight excluding hydrogens is 182 g/mol. The highest BCUT2D eigenvalue weighted by molar-refractivity contribution is 5.95. The highest BCUT2D eigenvalue weighted by Gasteiger charge is 2.55. The Kier molecular flexibility index (Phi) is 1.84. The molecule has 4 heteroatoms. The summed E-state index contributed by atoms with van der Waals surface area (Å²) in [6, 6.07) is 0.136. The van der Waals surface area contributed by atoms with Crippen molar-refractivity contribution in [3.8, 4) is 0 Å². The standard InChI is InChI=1S/C10H15NO3/c1-10(2,3)14-9(13)11-7-4-6(7)5-8(11)12/h6-7H,4-5H2,1-3H3/t6-,7-/m0/s1. The number of piperidine rings is 1. The van der Waals surface area contributed by atoms with Gasteiger partial charge in [0.2, 0.25) is 5.91 Å². The Bertz CT molecular complexity index is 292. The summed E-state index contributed by atoms with van der Waals surface area (Å²) in [4.78, 5) is 24.2. The molecule has 1 saturated carbocycles. The smallest absolute Gasteiger partial charge is 0.417 e. The second kappa shape index (κ2) is 2.72. The summed E-state index contributed by atoms with van der Waals surface area (Å²) in [6.07, 6.45) is 1.00. The summed E-state index contributed by atoms with van der Waals surface area (Å²) in [7, 11) is 0. The Balaban J connectivity index is 2.01. The van der Waals surface area contributed by atoms with Crippen LogP contribution in [0.1, 0.15) is 33.6 Å². The largest absolute Gasteiger partial charge is 0.443 e. The van der Waals surface area contributed by atoms with Gasteiger partial charge in [0.05, 0.1) is 0 Å². The van der Waals surface area contributed by atoms with Crippen LogP contribution in [0.25, 0.3) is 0 Å². The van der Waals surface area contributed by atoms with Crippen LogP contribution in [0.5, 0.6) is 0 Å². The van der Waals surface area contributed by atoms with Crippen molar-refractivity contribution in [1.82, 2.24) is 4.90 Å². The Hall–Kier alpha value is -1.06. The molecule has 2 atom stereocenters. The maximum absolute atomic E-state index is 11.6. The Morgan fingerprint density at radius 1 is 1.50 bits per heavy atom. The number of amides is 2. The first-order valence-electron chi connectivity index (χ1n) is 4.93. The van der Waals surface area contributed by atoms with E-state index in [2.05, 4.69) is 0 Å². The molecule has 1 aliphatic heterocycles. The van der Waals surface area contributed by atoms with Crippen LogP contribution in [0.3, 0.4) is 0 Å². The predicted octanol–water partition coefficient (Wildman–Crippen LogP) is 1.54. The lowest BCUT2D eigenvalue weighted by Gasteiger charge is -2.24. The molecule has 1 heterocycles. The summed E-state index contributed by atoms with van der Waals surface area (Å²) >= 11 is 0. The molecule has 2 fully saturated rings. The van der Waals surface area contributed by atoms with Gasteiger partial charge >= 0.3 is 6.09 Å². The van der Waals surface area contributed by atoms with Gasteiger partial charge in [0, 0.05) is 12.5 Å². The molecule has 0 aromatic carbocycles. The zero-order chi connectivity index (χ0) is 10.5. The monoisotopic (exact) mass is 197 g/mol. The number of carbonyl (C=O) groups excluding carboxylic acids is 2. The molecule has 0 aromatic heterocycles. The van der Waals surface area contributed by atoms with E-state index >= 15 is 0 Å². The minimum atomic E-state index is -0.523. The van der Waals surface area contributed by atoms with E-state index in [9.17, 15) is 9.59 Å². The van der Waals surface area contributed by atoms with Crippen LogP contribution in [0.2, 0.25) is 0 Å². The fourth-order valence-electron chi connectivity index (χ4n) is 1.82. The minimum Gasteiger partial charge on any atom is -0.443 e. The molecule has 1 aliphatic carbocycles. The highest BCUT2D eigenvalue weighted by atomic mass is 16.6. The third-order valence-electron chi connectivity index (χ3n) is 2.51. The van der Waals surface area contributed by atoms with Gasteiger partial charge in [0.25, 0.3) is 0 Å². The number of imide groups is 1. The van der Waals surface area contributed by atoms with E-state index in [4.69, 9.17) is 4.74 Å². The summed E-state index contributed by atoms with van der Waals surface area (Å²) in [5, 5.41) is 0. The quantitative estimate of drug-likeness (QED) is 0.591. The molecule has 2 rings (SSSR count). The SMILES string of the molecule is CC(C)(C)OC(=O)N1C(=O)C[C@@H]2C[C@@H]21. The third kappa shape index (κ3) is 1.61. The first-order valence-corrected chi connectivity index (χ1v) is 4.93. The van der Waals surface area contributed by atoms with Crippen LogP contribution in [0.15, 0.2) is 0 Å². The van der Waals surface area contributed by atoms with Crippen molar-refractivity contribution in [2.75, 3.05) is 0 Å². The molecule has 0 unspecified atom stereocenters. The van der Waals surface area contributed by atoms with E-state index in [1.807, 2.05) is 0 Å². The first-order chi connectivity index (χ1) is 6.38. The van der Waals surface area contributed by atoms with Crippen molar-refractivity contribution in [2.45, 2.75) is 45.3 Å². The molecule has 4 nitrogen and oxygen atoms in total. The van der Waals surface area contributed by atoms with Crippen LogP contribution in [0.4, 0.5) is 4.79 Å². The van der Waals surface area contributed by atoms with Crippen LogP contribution in [-0.4, -0.2) is 28.5 Å². The van der Waals surface area contributed by atoms with Gasteiger partial charge in [-0.25, -0.2) is 9.69 Å². The van der Waals surface area contributed by atoms with Gasteiger partial charge in [0.1, 0.15) is 5.60 Å². The molecule has 0 N–H and O–H groups in total. The number of ether oxygens (including phenoxy) is 1. The van der Waals surface area contributed by atoms with Gasteiger partial charge in [-0.15, -0.1) is 0 Å². The summed E-state index contributed by atoms with van der Waals surface area (Å²) in [5.74, 6) is 0.329. The van der Waals surface area contributed by atoms with Crippen molar-refractivity contribution in [3.63, 3.8) is 0 Å². The molecule has 0 spiro atoms. The van der Waals surface area contributed by atoms with Gasteiger partial charge in [0.15, 0.2) is 0 Å². The van der Waals surface area contributed by atoms with Crippen molar-refractivity contribution in [3.05, 3.63) is 0 Å². The summed E-state index contributed by atoms with van der Waals surface area (Å²) in [6.45, 7) is 5.40. The topological polar surface area (TPSA) is 46.6 Å². The van der Waals surface area contributed by atoms with Crippen molar-refractivity contribution < 1.29 is 14.3 Å². The van der Waals surface area contributed by atoms with Crippen LogP contribution in [-0.2, 0) is 9.53 Å². The number of hydrogen-bond donors (Lipinski definition) is 0. The molecule has 0 radical (unpaired) electrons. The fourth-order valence-corrected chi connectivity index (χ4v) is 1.82. The molecule has 0 aromatic rings. The second-order valence-electron chi connectivity index (χ2n) is 5.01. The van der Waals surface area contributed by atoms with Crippen molar-refractivity contribution in [1.29, 1.82) is 0 Å². The molecule has 2 amide bonds. The van der Waals surface area contributed by atoms with Gasteiger partial charge in [-0.3, -0.25) is 4.79 Å². The van der Waals surface area contributed by atoms with Crippen LogP contribution in [0, 0.1) is 5.92 Å². The van der Waals surface area contributed by atoms with E-state index in [1.165, 1.54) is 4.90 Å². The summed E-state index contributed by atoms with van der Waals surface area (Å²) < 4.78 is 5.16. The second-order valence-corrected chi connectivity index (χ2v) is 5.01. The van der Waals surface area contributed by atoms with Crippen molar-refractivity contribution >= 4 is 12.0 Å². The maximum Gasteiger partial charge on any atom is 0.417 e. The van der Waals surface area contributed by atoms with Gasteiger partial charge < -0.3 is 4.74 Å². The van der Waals surface area contributed by atoms with E-state index in [0.29, 0.717) is 12.3 Å².